The van der Waals surface area contributed by atoms with Crippen molar-refractivity contribution in [1.29, 1.82) is 0 Å². The maximum atomic E-state index is 12.4. The summed E-state index contributed by atoms with van der Waals surface area (Å²) >= 11 is 1.32. The number of amides is 1. The SMILES string of the molecule is CC[C@H](C)[C@@H](NC(=O)CSc1nnc(-c2cccnc2)n1C1CC1)C(=O)OC. The third-order valence-electron chi connectivity index (χ3n) is 4.81. The second-order valence-electron chi connectivity index (χ2n) is 6.89. The molecule has 1 fully saturated rings. The standard InChI is InChI=1S/C19H25N5O3S/c1-4-12(2)16(18(26)27-3)21-15(25)11-28-19-23-22-17(24(19)14-7-8-14)13-6-5-9-20-10-13/h5-6,9-10,12,14,16H,4,7-8,11H2,1-3H3,(H,21,25)/t12-,16+/m0/s1. The Morgan fingerprint density at radius 1 is 1.39 bits per heavy atom. The number of methoxy groups -OCH3 is 1. The zero-order valence-electron chi connectivity index (χ0n) is 16.3. The van der Waals surface area contributed by atoms with E-state index in [0.717, 1.165) is 30.7 Å². The predicted molar refractivity (Wildman–Crippen MR) is 106 cm³/mol. The van der Waals surface area contributed by atoms with Crippen molar-refractivity contribution in [2.24, 2.45) is 5.92 Å². The lowest BCUT2D eigenvalue weighted by atomic mass is 9.99. The molecule has 0 bridgehead atoms. The van der Waals surface area contributed by atoms with Crippen molar-refractivity contribution in [2.75, 3.05) is 12.9 Å². The van der Waals surface area contributed by atoms with E-state index in [1.165, 1.54) is 18.9 Å². The fourth-order valence-corrected chi connectivity index (χ4v) is 3.69. The number of carbonyl (C=O) groups excluding carboxylic acids is 2. The molecule has 150 valence electrons. The minimum absolute atomic E-state index is 0.00583. The molecule has 2 aromatic heterocycles. The van der Waals surface area contributed by atoms with Crippen LogP contribution in [0.4, 0.5) is 0 Å². The van der Waals surface area contributed by atoms with E-state index >= 15 is 0 Å². The van der Waals surface area contributed by atoms with Crippen LogP contribution in [-0.4, -0.2) is 50.5 Å². The van der Waals surface area contributed by atoms with Gasteiger partial charge in [-0.25, -0.2) is 4.79 Å². The number of nitrogens with zero attached hydrogens (tertiary/aromatic N) is 4. The summed E-state index contributed by atoms with van der Waals surface area (Å²) < 4.78 is 6.90. The molecular weight excluding hydrogens is 378 g/mol. The molecule has 2 atom stereocenters. The summed E-state index contributed by atoms with van der Waals surface area (Å²) in [6, 6.07) is 3.53. The van der Waals surface area contributed by atoms with Gasteiger partial charge in [-0.15, -0.1) is 10.2 Å². The first-order valence-corrected chi connectivity index (χ1v) is 10.4. The Bertz CT molecular complexity index is 822. The summed E-state index contributed by atoms with van der Waals surface area (Å²) in [5.41, 5.74) is 0.903. The van der Waals surface area contributed by atoms with Crippen molar-refractivity contribution in [2.45, 2.75) is 50.4 Å². The molecule has 2 aromatic rings. The van der Waals surface area contributed by atoms with Crippen molar-refractivity contribution in [1.82, 2.24) is 25.1 Å². The minimum atomic E-state index is -0.643. The summed E-state index contributed by atoms with van der Waals surface area (Å²) in [6.45, 7) is 3.89. The molecule has 1 saturated carbocycles. The Kier molecular flexibility index (Phi) is 6.66. The zero-order valence-corrected chi connectivity index (χ0v) is 17.1. The number of pyridine rings is 1. The van der Waals surface area contributed by atoms with Crippen LogP contribution in [0.1, 0.15) is 39.2 Å². The number of rotatable bonds is 9. The van der Waals surface area contributed by atoms with E-state index in [4.69, 9.17) is 4.74 Å². The minimum Gasteiger partial charge on any atom is -0.467 e. The van der Waals surface area contributed by atoms with Crippen molar-refractivity contribution in [3.05, 3.63) is 24.5 Å². The molecule has 28 heavy (non-hydrogen) atoms. The molecule has 0 spiro atoms. The van der Waals surface area contributed by atoms with E-state index in [-0.39, 0.29) is 17.6 Å². The number of carbonyl (C=O) groups is 2. The van der Waals surface area contributed by atoms with Gasteiger partial charge in [-0.2, -0.15) is 0 Å². The van der Waals surface area contributed by atoms with Gasteiger partial charge in [0.2, 0.25) is 5.91 Å². The third kappa shape index (κ3) is 4.70. The number of thioether (sulfide) groups is 1. The number of hydrogen-bond donors (Lipinski definition) is 1. The molecule has 1 aliphatic carbocycles. The van der Waals surface area contributed by atoms with E-state index in [1.807, 2.05) is 26.0 Å². The zero-order chi connectivity index (χ0) is 20.1. The first-order chi connectivity index (χ1) is 13.5. The van der Waals surface area contributed by atoms with Crippen molar-refractivity contribution in [3.63, 3.8) is 0 Å². The molecule has 0 saturated heterocycles. The third-order valence-corrected chi connectivity index (χ3v) is 5.76. The van der Waals surface area contributed by atoms with E-state index in [9.17, 15) is 9.59 Å². The van der Waals surface area contributed by atoms with E-state index in [0.29, 0.717) is 11.2 Å². The molecule has 0 aromatic carbocycles. The highest BCUT2D eigenvalue weighted by molar-refractivity contribution is 7.99. The first-order valence-electron chi connectivity index (χ1n) is 9.40. The molecule has 0 aliphatic heterocycles. The van der Waals surface area contributed by atoms with Crippen LogP contribution in [0.5, 0.6) is 0 Å². The Morgan fingerprint density at radius 3 is 2.79 bits per heavy atom. The van der Waals surface area contributed by atoms with Crippen LogP contribution in [0.2, 0.25) is 0 Å². The monoisotopic (exact) mass is 403 g/mol. The van der Waals surface area contributed by atoms with Gasteiger partial charge >= 0.3 is 5.97 Å². The van der Waals surface area contributed by atoms with Gasteiger partial charge in [-0.1, -0.05) is 32.0 Å². The van der Waals surface area contributed by atoms with E-state index in [2.05, 4.69) is 25.1 Å². The molecule has 1 aliphatic rings. The number of esters is 1. The highest BCUT2D eigenvalue weighted by Crippen LogP contribution is 2.40. The smallest absolute Gasteiger partial charge is 0.328 e. The summed E-state index contributed by atoms with van der Waals surface area (Å²) in [5.74, 6) is 0.267. The topological polar surface area (TPSA) is 99.0 Å². The van der Waals surface area contributed by atoms with Crippen LogP contribution in [0.15, 0.2) is 29.7 Å². The van der Waals surface area contributed by atoms with Crippen LogP contribution in [0.25, 0.3) is 11.4 Å². The lowest BCUT2D eigenvalue weighted by molar-refractivity contribution is -0.146. The summed E-state index contributed by atoms with van der Waals surface area (Å²) in [5, 5.41) is 12.1. The second-order valence-corrected chi connectivity index (χ2v) is 7.83. The Hall–Kier alpha value is -2.42. The van der Waals surface area contributed by atoms with Crippen molar-refractivity contribution in [3.8, 4) is 11.4 Å². The molecule has 8 nitrogen and oxygen atoms in total. The van der Waals surface area contributed by atoms with Gasteiger partial charge in [0, 0.05) is 24.0 Å². The summed E-state index contributed by atoms with van der Waals surface area (Å²) in [7, 11) is 1.33. The molecule has 3 rings (SSSR count). The van der Waals surface area contributed by atoms with E-state index < -0.39 is 12.0 Å². The Labute approximate surface area is 168 Å². The van der Waals surface area contributed by atoms with Gasteiger partial charge in [0.1, 0.15) is 6.04 Å². The normalized spacial score (nSPS) is 15.7. The summed E-state index contributed by atoms with van der Waals surface area (Å²) in [4.78, 5) is 28.5. The Balaban J connectivity index is 1.68. The van der Waals surface area contributed by atoms with E-state index in [1.54, 1.807) is 12.4 Å². The lowest BCUT2D eigenvalue weighted by Crippen LogP contribution is -2.46. The highest BCUT2D eigenvalue weighted by Gasteiger charge is 2.31. The molecule has 9 heteroatoms. The number of ether oxygens (including phenoxy) is 1. The molecule has 0 unspecified atom stereocenters. The van der Waals surface area contributed by atoms with Crippen LogP contribution in [-0.2, 0) is 14.3 Å². The highest BCUT2D eigenvalue weighted by atomic mass is 32.2. The molecule has 0 radical (unpaired) electrons. The number of nitrogens with one attached hydrogen (secondary N) is 1. The van der Waals surface area contributed by atoms with Crippen LogP contribution in [0, 0.1) is 5.92 Å². The van der Waals surface area contributed by atoms with Gasteiger partial charge in [0.15, 0.2) is 11.0 Å². The van der Waals surface area contributed by atoms with Crippen molar-refractivity contribution >= 4 is 23.6 Å². The van der Waals surface area contributed by atoms with Crippen molar-refractivity contribution < 1.29 is 14.3 Å². The Morgan fingerprint density at radius 2 is 2.18 bits per heavy atom. The van der Waals surface area contributed by atoms with Crippen LogP contribution < -0.4 is 5.32 Å². The maximum absolute atomic E-state index is 12.4. The molecular formula is C19H25N5O3S. The van der Waals surface area contributed by atoms with Gasteiger partial charge < -0.3 is 10.1 Å². The van der Waals surface area contributed by atoms with Gasteiger partial charge in [-0.3, -0.25) is 14.3 Å². The predicted octanol–water partition coefficient (Wildman–Crippen LogP) is 2.47. The molecule has 1 amide bonds. The number of aromatic nitrogens is 4. The maximum Gasteiger partial charge on any atom is 0.328 e. The van der Waals surface area contributed by atoms with Gasteiger partial charge in [0.05, 0.1) is 12.9 Å². The first kappa shape index (κ1) is 20.3. The van der Waals surface area contributed by atoms with Crippen LogP contribution >= 0.6 is 11.8 Å². The fraction of sp³-hybridized carbons (Fsp3) is 0.526. The van der Waals surface area contributed by atoms with Gasteiger partial charge in [-0.05, 0) is 30.9 Å². The quantitative estimate of drug-likeness (QED) is 0.507. The van der Waals surface area contributed by atoms with Crippen LogP contribution in [0.3, 0.4) is 0 Å². The van der Waals surface area contributed by atoms with Gasteiger partial charge in [0.25, 0.3) is 0 Å². The average molecular weight is 404 g/mol. The number of hydrogen-bond acceptors (Lipinski definition) is 7. The molecule has 2 heterocycles. The molecule has 1 N–H and O–H groups in total. The largest absolute Gasteiger partial charge is 0.467 e. The second kappa shape index (κ2) is 9.18. The summed E-state index contributed by atoms with van der Waals surface area (Å²) in [6.07, 6.45) is 6.39. The fourth-order valence-electron chi connectivity index (χ4n) is 2.87. The average Bonchev–Trinajstić information content (AvgIpc) is 3.48. The lowest BCUT2D eigenvalue weighted by Gasteiger charge is -2.21.